The van der Waals surface area contributed by atoms with Gasteiger partial charge in [0.05, 0.1) is 18.6 Å². The molecule has 0 saturated heterocycles. The van der Waals surface area contributed by atoms with Gasteiger partial charge in [-0.3, -0.25) is 14.4 Å². The summed E-state index contributed by atoms with van der Waals surface area (Å²) in [6.07, 6.45) is 6.02. The van der Waals surface area contributed by atoms with Crippen molar-refractivity contribution >= 4 is 40.3 Å². The molecule has 1 atom stereocenters. The lowest BCUT2D eigenvalue weighted by molar-refractivity contribution is -0.154. The summed E-state index contributed by atoms with van der Waals surface area (Å²) in [5, 5.41) is 0. The first-order valence-corrected chi connectivity index (χ1v) is 11.2. The molecular weight excluding hydrogens is 447 g/mol. The molecule has 0 radical (unpaired) electrons. The van der Waals surface area contributed by atoms with Crippen LogP contribution in [0.25, 0.3) is 0 Å². The number of ether oxygens (including phenoxy) is 2. The summed E-state index contributed by atoms with van der Waals surface area (Å²) in [6.45, 7) is 7.94. The Balaban J connectivity index is 4.48. The van der Waals surface area contributed by atoms with Gasteiger partial charge in [-0.2, -0.15) is 0 Å². The average Bonchev–Trinajstić information content (AvgIpc) is 2.58. The molecule has 26 heavy (non-hydrogen) atoms. The van der Waals surface area contributed by atoms with Crippen LogP contribution in [0.3, 0.4) is 0 Å². The fraction of sp³-hybridized carbons (Fsp3) is 0.850. The quantitative estimate of drug-likeness (QED) is 0.109. The van der Waals surface area contributed by atoms with Crippen LogP contribution >= 0.6 is 22.6 Å². The van der Waals surface area contributed by atoms with Gasteiger partial charge in [0, 0.05) is 6.42 Å². The topological polar surface area (TPSA) is 69.7 Å². The Labute approximate surface area is 172 Å². The minimum Gasteiger partial charge on any atom is -0.466 e. The molecule has 0 aromatic carbocycles. The van der Waals surface area contributed by atoms with Crippen molar-refractivity contribution in [3.63, 3.8) is 0 Å². The molecule has 0 aromatic rings. The Bertz CT molecular complexity index is 434. The molecule has 6 heteroatoms. The van der Waals surface area contributed by atoms with Gasteiger partial charge >= 0.3 is 11.9 Å². The van der Waals surface area contributed by atoms with Gasteiger partial charge in [-0.1, -0.05) is 41.9 Å². The van der Waals surface area contributed by atoms with E-state index in [1.54, 1.807) is 13.8 Å². The highest BCUT2D eigenvalue weighted by Crippen LogP contribution is 2.26. The first-order chi connectivity index (χ1) is 12.3. The molecule has 0 rings (SSSR count). The predicted octanol–water partition coefficient (Wildman–Crippen LogP) is 4.88. The number of alkyl halides is 1. The molecule has 0 heterocycles. The number of rotatable bonds is 15. The second kappa shape index (κ2) is 14.4. The summed E-state index contributed by atoms with van der Waals surface area (Å²) in [6, 6.07) is 0. The Kier molecular flexibility index (Phi) is 14.0. The lowest BCUT2D eigenvalue weighted by atomic mass is 9.85. The molecule has 0 fully saturated rings. The van der Waals surface area contributed by atoms with Crippen LogP contribution in [0.1, 0.15) is 79.1 Å². The summed E-state index contributed by atoms with van der Waals surface area (Å²) in [5.41, 5.74) is -0.543. The van der Waals surface area contributed by atoms with Gasteiger partial charge in [0.1, 0.15) is 11.7 Å². The molecule has 152 valence electrons. The third-order valence-corrected chi connectivity index (χ3v) is 5.15. The molecule has 0 saturated carbocycles. The van der Waals surface area contributed by atoms with Gasteiger partial charge < -0.3 is 9.47 Å². The van der Waals surface area contributed by atoms with Crippen molar-refractivity contribution in [1.29, 1.82) is 0 Å². The Morgan fingerprint density at radius 2 is 1.58 bits per heavy atom. The first-order valence-electron chi connectivity index (χ1n) is 9.72. The third kappa shape index (κ3) is 10.5. The SMILES string of the molecule is CCOC(=O)C(CCCCC(C)(C)C(=O)OCC)C(=O)CCCCCI. The number of unbranched alkanes of at least 4 members (excludes halogenated alkanes) is 3. The van der Waals surface area contributed by atoms with E-state index < -0.39 is 17.3 Å². The third-order valence-electron chi connectivity index (χ3n) is 4.39. The Hall–Kier alpha value is -0.660. The molecular formula is C20H35IO5. The maximum Gasteiger partial charge on any atom is 0.316 e. The van der Waals surface area contributed by atoms with Gasteiger partial charge in [0.15, 0.2) is 0 Å². The van der Waals surface area contributed by atoms with Crippen LogP contribution in [0.4, 0.5) is 0 Å². The smallest absolute Gasteiger partial charge is 0.316 e. The van der Waals surface area contributed by atoms with E-state index in [1.165, 1.54) is 0 Å². The van der Waals surface area contributed by atoms with E-state index in [-0.39, 0.29) is 18.4 Å². The van der Waals surface area contributed by atoms with E-state index in [0.29, 0.717) is 32.3 Å². The summed E-state index contributed by atoms with van der Waals surface area (Å²) in [5.74, 6) is -1.29. The molecule has 0 spiro atoms. The highest BCUT2D eigenvalue weighted by Gasteiger charge is 2.30. The zero-order chi connectivity index (χ0) is 20.0. The highest BCUT2D eigenvalue weighted by atomic mass is 127. The molecule has 0 N–H and O–H groups in total. The zero-order valence-electron chi connectivity index (χ0n) is 16.8. The molecule has 0 aromatic heterocycles. The summed E-state index contributed by atoms with van der Waals surface area (Å²) < 4.78 is 11.3. The van der Waals surface area contributed by atoms with Gasteiger partial charge in [0.25, 0.3) is 0 Å². The number of hydrogen-bond acceptors (Lipinski definition) is 5. The minimum atomic E-state index is -0.666. The summed E-state index contributed by atoms with van der Waals surface area (Å²) in [4.78, 5) is 36.5. The van der Waals surface area contributed by atoms with Crippen LogP contribution < -0.4 is 0 Å². The van der Waals surface area contributed by atoms with Crippen molar-refractivity contribution in [3.8, 4) is 0 Å². The molecule has 0 aliphatic heterocycles. The number of carbonyl (C=O) groups excluding carboxylic acids is 3. The van der Waals surface area contributed by atoms with Gasteiger partial charge in [-0.15, -0.1) is 0 Å². The first kappa shape index (κ1) is 25.3. The van der Waals surface area contributed by atoms with Crippen LogP contribution in [0.5, 0.6) is 0 Å². The zero-order valence-corrected chi connectivity index (χ0v) is 18.9. The van der Waals surface area contributed by atoms with Crippen molar-refractivity contribution in [1.82, 2.24) is 0 Å². The van der Waals surface area contributed by atoms with Crippen molar-refractivity contribution in [3.05, 3.63) is 0 Å². The lowest BCUT2D eigenvalue weighted by Gasteiger charge is -2.22. The largest absolute Gasteiger partial charge is 0.466 e. The summed E-state index contributed by atoms with van der Waals surface area (Å²) in [7, 11) is 0. The molecule has 0 aliphatic carbocycles. The number of esters is 2. The highest BCUT2D eigenvalue weighted by molar-refractivity contribution is 14.1. The van der Waals surface area contributed by atoms with Gasteiger partial charge in [0.2, 0.25) is 0 Å². The maximum absolute atomic E-state index is 12.4. The second-order valence-corrected chi connectivity index (χ2v) is 8.20. The predicted molar refractivity (Wildman–Crippen MR) is 111 cm³/mol. The van der Waals surface area contributed by atoms with E-state index in [2.05, 4.69) is 22.6 Å². The van der Waals surface area contributed by atoms with Crippen molar-refractivity contribution < 1.29 is 23.9 Å². The number of ketones is 1. The van der Waals surface area contributed by atoms with E-state index >= 15 is 0 Å². The van der Waals surface area contributed by atoms with Gasteiger partial charge in [-0.25, -0.2) is 0 Å². The maximum atomic E-state index is 12.4. The number of carbonyl (C=O) groups is 3. The van der Waals surface area contributed by atoms with Gasteiger partial charge in [-0.05, 0) is 57.8 Å². The van der Waals surface area contributed by atoms with Crippen molar-refractivity contribution in [2.75, 3.05) is 17.6 Å². The number of hydrogen-bond donors (Lipinski definition) is 0. The van der Waals surface area contributed by atoms with Crippen LogP contribution in [-0.4, -0.2) is 35.4 Å². The molecule has 5 nitrogen and oxygen atoms in total. The van der Waals surface area contributed by atoms with E-state index in [9.17, 15) is 14.4 Å². The van der Waals surface area contributed by atoms with Crippen LogP contribution in [0.2, 0.25) is 0 Å². The lowest BCUT2D eigenvalue weighted by Crippen LogP contribution is -2.28. The number of halogens is 1. The fourth-order valence-electron chi connectivity index (χ4n) is 2.74. The van der Waals surface area contributed by atoms with Crippen LogP contribution in [0.15, 0.2) is 0 Å². The second-order valence-electron chi connectivity index (χ2n) is 7.12. The Morgan fingerprint density at radius 1 is 0.923 bits per heavy atom. The number of Topliss-reactive ketones (excluding diaryl/α,β-unsaturated/α-hetero) is 1. The molecule has 1 unspecified atom stereocenters. The molecule has 0 amide bonds. The monoisotopic (exact) mass is 482 g/mol. The average molecular weight is 482 g/mol. The van der Waals surface area contributed by atoms with Crippen molar-refractivity contribution in [2.24, 2.45) is 11.3 Å². The molecule has 0 bridgehead atoms. The van der Waals surface area contributed by atoms with E-state index in [0.717, 1.165) is 30.1 Å². The van der Waals surface area contributed by atoms with E-state index in [4.69, 9.17) is 9.47 Å². The summed E-state index contributed by atoms with van der Waals surface area (Å²) >= 11 is 2.33. The van der Waals surface area contributed by atoms with Crippen LogP contribution in [0, 0.1) is 11.3 Å². The van der Waals surface area contributed by atoms with Crippen LogP contribution in [-0.2, 0) is 23.9 Å². The minimum absolute atomic E-state index is 0.0124. The molecule has 0 aliphatic rings. The van der Waals surface area contributed by atoms with E-state index in [1.807, 2.05) is 13.8 Å². The standard InChI is InChI=1S/C20H35IO5/c1-5-25-18(23)16(17(22)13-8-7-11-15-21)12-9-10-14-20(3,4)19(24)26-6-2/h16H,5-15H2,1-4H3. The Morgan fingerprint density at radius 3 is 2.15 bits per heavy atom. The van der Waals surface area contributed by atoms with Crippen molar-refractivity contribution in [2.45, 2.75) is 79.1 Å². The fourth-order valence-corrected chi connectivity index (χ4v) is 3.28. The normalized spacial score (nSPS) is 12.5.